The van der Waals surface area contributed by atoms with Crippen molar-refractivity contribution in [2.45, 2.75) is 84.0 Å². The molecule has 0 aliphatic carbocycles. The molecule has 3 nitrogen and oxygen atoms in total. The van der Waals surface area contributed by atoms with E-state index in [-0.39, 0.29) is 4.90 Å². The molecule has 164 valence electrons. The summed E-state index contributed by atoms with van der Waals surface area (Å²) in [6.45, 7) is 5.83. The van der Waals surface area contributed by atoms with Gasteiger partial charge in [0.15, 0.2) is 0 Å². The molecule has 1 aromatic carbocycles. The van der Waals surface area contributed by atoms with Crippen molar-refractivity contribution in [1.82, 2.24) is 0 Å². The summed E-state index contributed by atoms with van der Waals surface area (Å²) in [6, 6.07) is 6.40. The van der Waals surface area contributed by atoms with Gasteiger partial charge >= 0.3 is 179 Å². The van der Waals surface area contributed by atoms with E-state index in [4.69, 9.17) is 15.6 Å². The van der Waals surface area contributed by atoms with Gasteiger partial charge in [-0.05, 0) is 0 Å². The molecule has 0 aliphatic rings. The van der Waals surface area contributed by atoms with Gasteiger partial charge in [0.1, 0.15) is 0 Å². The number of halogens is 1. The minimum absolute atomic E-state index is 0.229. The monoisotopic (exact) mass is 450 g/mol. The van der Waals surface area contributed by atoms with Crippen molar-refractivity contribution in [2.75, 3.05) is 24.6 Å². The van der Waals surface area contributed by atoms with E-state index in [1.165, 1.54) is 0 Å². The third-order valence-corrected chi connectivity index (χ3v) is 15.1. The molecule has 0 radical (unpaired) electrons. The second-order valence-electron chi connectivity index (χ2n) is 8.15. The molecule has 28 heavy (non-hydrogen) atoms. The zero-order chi connectivity index (χ0) is 21.1. The molecule has 0 unspecified atom stereocenters. The van der Waals surface area contributed by atoms with Crippen molar-refractivity contribution < 1.29 is 12.4 Å². The summed E-state index contributed by atoms with van der Waals surface area (Å²) in [4.78, 5) is 0.229. The van der Waals surface area contributed by atoms with E-state index in [1.54, 1.807) is 24.3 Å². The van der Waals surface area contributed by atoms with Crippen LogP contribution in [0.3, 0.4) is 0 Å². The molecule has 1 rings (SSSR count). The summed E-state index contributed by atoms with van der Waals surface area (Å²) in [5.74, 6) is 0. The van der Waals surface area contributed by atoms with Crippen LogP contribution in [0.5, 0.6) is 0 Å². The topological polar surface area (TPSA) is 43.4 Å². The Morgan fingerprint density at radius 2 is 1.11 bits per heavy atom. The molecule has 0 amide bonds. The Morgan fingerprint density at radius 3 is 1.43 bits per heavy atom. The molecule has 0 N–H and O–H groups in total. The van der Waals surface area contributed by atoms with Gasteiger partial charge in [0, 0.05) is 0 Å². The molecule has 6 heteroatoms. The summed E-state index contributed by atoms with van der Waals surface area (Å²) < 4.78 is 33.3. The van der Waals surface area contributed by atoms with Crippen molar-refractivity contribution in [3.63, 3.8) is 0 Å². The van der Waals surface area contributed by atoms with Crippen LogP contribution in [0.25, 0.3) is 0 Å². The van der Waals surface area contributed by atoms with Gasteiger partial charge < -0.3 is 0 Å². The summed E-state index contributed by atoms with van der Waals surface area (Å²) >= 11 is 5.97. The van der Waals surface area contributed by atoms with Crippen LogP contribution in [0, 0.1) is 0 Å². The van der Waals surface area contributed by atoms with Crippen LogP contribution in [-0.4, -0.2) is 33.1 Å². The molecular formula is C22H40ClO3PS. The Morgan fingerprint density at radius 1 is 0.750 bits per heavy atom. The maximum absolute atomic E-state index is 13.4. The number of benzene rings is 1. The Labute approximate surface area is 178 Å². The summed E-state index contributed by atoms with van der Waals surface area (Å²) in [7, 11) is -3.82. The summed E-state index contributed by atoms with van der Waals surface area (Å²) in [5.41, 5.74) is 0. The van der Waals surface area contributed by atoms with Gasteiger partial charge in [-0.1, -0.05) is 0 Å². The van der Waals surface area contributed by atoms with Crippen LogP contribution >= 0.6 is 18.4 Å². The Kier molecular flexibility index (Phi) is 11.0. The van der Waals surface area contributed by atoms with Gasteiger partial charge in [-0.2, -0.15) is 0 Å². The molecule has 0 aromatic heterocycles. The molecule has 0 bridgehead atoms. The van der Waals surface area contributed by atoms with Crippen molar-refractivity contribution in [3.8, 4) is 0 Å². The molecular weight excluding hydrogens is 411 g/mol. The predicted octanol–water partition coefficient (Wildman–Crippen LogP) is 7.71. The SMILES string of the molecule is CCCCP(CCCC)(CCCC)(CCCC)OS(=O)(=O)c1ccc(Cl)cc1. The molecule has 0 spiro atoms. The quantitative estimate of drug-likeness (QED) is 0.257. The fourth-order valence-electron chi connectivity index (χ4n) is 3.97. The Bertz CT molecular complexity index is 630. The molecule has 1 aromatic rings. The molecule has 0 atom stereocenters. The van der Waals surface area contributed by atoms with Gasteiger partial charge in [0.05, 0.1) is 0 Å². The first kappa shape index (κ1) is 25.9. The van der Waals surface area contributed by atoms with Crippen molar-refractivity contribution >= 4 is 28.5 Å². The Hall–Kier alpha value is -0.150. The van der Waals surface area contributed by atoms with Crippen molar-refractivity contribution in [1.29, 1.82) is 0 Å². The first-order valence-corrected chi connectivity index (χ1v) is 15.7. The van der Waals surface area contributed by atoms with E-state index >= 15 is 0 Å². The normalized spacial score (nSPS) is 14.0. The second-order valence-corrected chi connectivity index (χ2v) is 16.1. The first-order chi connectivity index (χ1) is 13.3. The Balaban J connectivity index is 3.46. The number of hydrogen-bond donors (Lipinski definition) is 0. The third-order valence-electron chi connectivity index (χ3n) is 5.72. The van der Waals surface area contributed by atoms with Crippen LogP contribution in [0.4, 0.5) is 0 Å². The van der Waals surface area contributed by atoms with Crippen LogP contribution in [0.1, 0.15) is 79.1 Å². The fraction of sp³-hybridized carbons (Fsp3) is 0.727. The predicted molar refractivity (Wildman–Crippen MR) is 126 cm³/mol. The fourth-order valence-corrected chi connectivity index (χ4v) is 14.1. The van der Waals surface area contributed by atoms with Crippen LogP contribution in [0.15, 0.2) is 29.2 Å². The van der Waals surface area contributed by atoms with E-state index in [9.17, 15) is 8.42 Å². The van der Waals surface area contributed by atoms with Gasteiger partial charge in [-0.25, -0.2) is 0 Å². The minimum atomic E-state index is -3.82. The summed E-state index contributed by atoms with van der Waals surface area (Å²) in [5, 5.41) is 0.533. The van der Waals surface area contributed by atoms with E-state index < -0.39 is 16.9 Å². The molecule has 0 saturated carbocycles. The number of unbranched alkanes of at least 4 members (excludes halogenated alkanes) is 4. The van der Waals surface area contributed by atoms with E-state index in [0.29, 0.717) is 5.02 Å². The van der Waals surface area contributed by atoms with Crippen molar-refractivity contribution in [3.05, 3.63) is 29.3 Å². The van der Waals surface area contributed by atoms with Crippen LogP contribution < -0.4 is 0 Å². The second kappa shape index (κ2) is 11.9. The molecule has 0 heterocycles. The average molecular weight is 451 g/mol. The van der Waals surface area contributed by atoms with Gasteiger partial charge in [0.2, 0.25) is 0 Å². The van der Waals surface area contributed by atoms with E-state index in [0.717, 1.165) is 76.0 Å². The van der Waals surface area contributed by atoms with Gasteiger partial charge in [0.25, 0.3) is 0 Å². The number of rotatable bonds is 15. The summed E-state index contributed by atoms with van der Waals surface area (Å²) in [6.07, 6.45) is 12.1. The zero-order valence-corrected chi connectivity index (χ0v) is 20.7. The zero-order valence-electron chi connectivity index (χ0n) is 18.3. The van der Waals surface area contributed by atoms with Crippen LogP contribution in [-0.2, 0) is 14.1 Å². The molecule has 0 aliphatic heterocycles. The third kappa shape index (κ3) is 7.27. The van der Waals surface area contributed by atoms with Gasteiger partial charge in [-0.3, -0.25) is 0 Å². The molecule has 0 saturated heterocycles. The van der Waals surface area contributed by atoms with Crippen molar-refractivity contribution in [2.24, 2.45) is 0 Å². The van der Waals surface area contributed by atoms with Crippen LogP contribution in [0.2, 0.25) is 5.02 Å². The van der Waals surface area contributed by atoms with E-state index in [2.05, 4.69) is 27.7 Å². The number of hydrogen-bond acceptors (Lipinski definition) is 3. The molecule has 0 fully saturated rings. The maximum atomic E-state index is 13.4. The standard InChI is InChI=1S/C22H40ClO3PS/c1-5-9-17-27(18-10-6-2,19-11-7-3,20-12-8-4)26-28(24,25)22-15-13-21(23)14-16-22/h13-16H,5-12,17-20H2,1-4H3. The van der Waals surface area contributed by atoms with E-state index in [1.807, 2.05) is 0 Å². The first-order valence-electron chi connectivity index (χ1n) is 11.0. The average Bonchev–Trinajstić information content (AvgIpc) is 2.68. The van der Waals surface area contributed by atoms with Gasteiger partial charge in [-0.15, -0.1) is 0 Å².